The lowest BCUT2D eigenvalue weighted by molar-refractivity contribution is 0.0293. The summed E-state index contributed by atoms with van der Waals surface area (Å²) in [5, 5.41) is 8.14. The first kappa shape index (κ1) is 17.9. The summed E-state index contributed by atoms with van der Waals surface area (Å²) >= 11 is 0. The molecule has 0 bridgehead atoms. The van der Waals surface area contributed by atoms with Gasteiger partial charge in [0.15, 0.2) is 5.65 Å². The summed E-state index contributed by atoms with van der Waals surface area (Å²) in [6.45, 7) is 11.0. The molecule has 0 spiro atoms. The fraction of sp³-hybridized carbons (Fsp3) is 0.429. The van der Waals surface area contributed by atoms with E-state index in [1.54, 1.807) is 0 Å². The zero-order chi connectivity index (χ0) is 19.0. The number of pyridine rings is 1. The standard InChI is InChI=1S/C21H27N5O/c1-14-4-6-15(7-5-14)16-12-17(23-20-18(16)19(22)24-25-20)21(2,3)13-26-8-10-27-11-9-26/h4-7,12H,8-11,13H2,1-3H3,(H3,22,23,24,25). The maximum atomic E-state index is 6.17. The lowest BCUT2D eigenvalue weighted by Crippen LogP contribution is -2.43. The number of hydrogen-bond donors (Lipinski definition) is 2. The van der Waals surface area contributed by atoms with E-state index in [1.807, 2.05) is 0 Å². The minimum absolute atomic E-state index is 0.112. The van der Waals surface area contributed by atoms with E-state index in [-0.39, 0.29) is 5.41 Å². The fourth-order valence-electron chi connectivity index (χ4n) is 3.75. The lowest BCUT2D eigenvalue weighted by atomic mass is 9.86. The molecule has 0 aliphatic carbocycles. The summed E-state index contributed by atoms with van der Waals surface area (Å²) in [7, 11) is 0. The number of ether oxygens (including phenoxy) is 1. The van der Waals surface area contributed by atoms with Gasteiger partial charge in [-0.25, -0.2) is 4.98 Å². The molecule has 1 saturated heterocycles. The first-order valence-corrected chi connectivity index (χ1v) is 9.46. The van der Waals surface area contributed by atoms with Crippen molar-refractivity contribution < 1.29 is 4.74 Å². The highest BCUT2D eigenvalue weighted by Gasteiger charge is 2.28. The highest BCUT2D eigenvalue weighted by molar-refractivity contribution is 6.00. The van der Waals surface area contributed by atoms with E-state index in [9.17, 15) is 0 Å². The molecule has 2 aromatic heterocycles. The van der Waals surface area contributed by atoms with E-state index in [4.69, 9.17) is 15.5 Å². The van der Waals surface area contributed by atoms with Crippen molar-refractivity contribution in [2.24, 2.45) is 0 Å². The van der Waals surface area contributed by atoms with Crippen LogP contribution in [-0.4, -0.2) is 52.9 Å². The van der Waals surface area contributed by atoms with Crippen molar-refractivity contribution in [3.8, 4) is 11.1 Å². The molecular formula is C21H27N5O. The van der Waals surface area contributed by atoms with Crippen LogP contribution in [-0.2, 0) is 10.2 Å². The first-order valence-electron chi connectivity index (χ1n) is 9.46. The second-order valence-electron chi connectivity index (χ2n) is 8.03. The van der Waals surface area contributed by atoms with Crippen molar-refractivity contribution in [3.63, 3.8) is 0 Å². The Kier molecular flexibility index (Phi) is 4.61. The van der Waals surface area contributed by atoms with Gasteiger partial charge in [0.2, 0.25) is 0 Å². The normalized spacial score (nSPS) is 16.1. The summed E-state index contributed by atoms with van der Waals surface area (Å²) in [6, 6.07) is 10.7. The second kappa shape index (κ2) is 6.94. The van der Waals surface area contributed by atoms with E-state index in [2.05, 4.69) is 66.2 Å². The van der Waals surface area contributed by atoms with Gasteiger partial charge in [0.1, 0.15) is 5.82 Å². The van der Waals surface area contributed by atoms with E-state index >= 15 is 0 Å². The molecule has 142 valence electrons. The summed E-state index contributed by atoms with van der Waals surface area (Å²) in [6.07, 6.45) is 0. The van der Waals surface area contributed by atoms with Gasteiger partial charge in [-0.15, -0.1) is 0 Å². The van der Waals surface area contributed by atoms with Crippen molar-refractivity contribution in [1.29, 1.82) is 0 Å². The van der Waals surface area contributed by atoms with Crippen molar-refractivity contribution in [3.05, 3.63) is 41.6 Å². The molecule has 3 heterocycles. The zero-order valence-corrected chi connectivity index (χ0v) is 16.2. The maximum Gasteiger partial charge on any atom is 0.184 e. The molecule has 1 fully saturated rings. The number of nitrogens with one attached hydrogen (secondary N) is 1. The van der Waals surface area contributed by atoms with Crippen molar-refractivity contribution in [2.45, 2.75) is 26.2 Å². The Hall–Kier alpha value is -2.44. The number of aromatic amines is 1. The largest absolute Gasteiger partial charge is 0.383 e. The molecule has 1 aromatic carbocycles. The molecule has 3 N–H and O–H groups in total. The van der Waals surface area contributed by atoms with Gasteiger partial charge in [-0.05, 0) is 24.1 Å². The number of anilines is 1. The predicted molar refractivity (Wildman–Crippen MR) is 109 cm³/mol. The number of H-pyrrole nitrogens is 1. The number of benzene rings is 1. The molecule has 6 nitrogen and oxygen atoms in total. The van der Waals surface area contributed by atoms with Gasteiger partial charge < -0.3 is 10.5 Å². The Morgan fingerprint density at radius 2 is 1.89 bits per heavy atom. The molecule has 27 heavy (non-hydrogen) atoms. The number of hydrogen-bond acceptors (Lipinski definition) is 5. The summed E-state index contributed by atoms with van der Waals surface area (Å²) in [5.41, 5.74) is 11.2. The average Bonchev–Trinajstić information content (AvgIpc) is 3.03. The monoisotopic (exact) mass is 365 g/mol. The average molecular weight is 365 g/mol. The van der Waals surface area contributed by atoms with Gasteiger partial charge in [0, 0.05) is 25.0 Å². The molecule has 0 unspecified atom stereocenters. The van der Waals surface area contributed by atoms with E-state index < -0.39 is 0 Å². The van der Waals surface area contributed by atoms with Gasteiger partial charge in [-0.3, -0.25) is 10.00 Å². The molecule has 3 aromatic rings. The molecule has 0 radical (unpaired) electrons. The Labute approximate surface area is 159 Å². The highest BCUT2D eigenvalue weighted by atomic mass is 16.5. The third-order valence-electron chi connectivity index (χ3n) is 5.33. The number of aromatic nitrogens is 3. The van der Waals surface area contributed by atoms with Gasteiger partial charge >= 0.3 is 0 Å². The fourth-order valence-corrected chi connectivity index (χ4v) is 3.75. The zero-order valence-electron chi connectivity index (χ0n) is 16.2. The first-order chi connectivity index (χ1) is 12.9. The van der Waals surface area contributed by atoms with Crippen LogP contribution in [0.25, 0.3) is 22.2 Å². The molecular weight excluding hydrogens is 338 g/mol. The molecule has 4 rings (SSSR count). The van der Waals surface area contributed by atoms with Crippen molar-refractivity contribution in [2.75, 3.05) is 38.6 Å². The number of nitrogen functional groups attached to an aromatic ring is 1. The Morgan fingerprint density at radius 3 is 2.59 bits per heavy atom. The maximum absolute atomic E-state index is 6.17. The van der Waals surface area contributed by atoms with Gasteiger partial charge in [-0.1, -0.05) is 43.7 Å². The third kappa shape index (κ3) is 3.55. The van der Waals surface area contributed by atoms with Crippen LogP contribution in [0, 0.1) is 6.92 Å². The Balaban J connectivity index is 1.78. The van der Waals surface area contributed by atoms with E-state index in [1.165, 1.54) is 5.56 Å². The number of nitrogens with two attached hydrogens (primary N) is 1. The topological polar surface area (TPSA) is 80.1 Å². The van der Waals surface area contributed by atoms with E-state index in [0.717, 1.165) is 55.1 Å². The summed E-state index contributed by atoms with van der Waals surface area (Å²) in [5.74, 6) is 0.561. The number of nitrogens with zero attached hydrogens (tertiary/aromatic N) is 3. The van der Waals surface area contributed by atoms with Gasteiger partial charge in [0.25, 0.3) is 0 Å². The summed E-state index contributed by atoms with van der Waals surface area (Å²) in [4.78, 5) is 7.30. The smallest absolute Gasteiger partial charge is 0.184 e. The van der Waals surface area contributed by atoms with Crippen LogP contribution in [0.2, 0.25) is 0 Å². The Bertz CT molecular complexity index is 939. The number of fused-ring (bicyclic) bond motifs is 1. The molecule has 6 heteroatoms. The third-order valence-corrected chi connectivity index (χ3v) is 5.33. The van der Waals surface area contributed by atoms with Gasteiger partial charge in [0.05, 0.1) is 24.3 Å². The van der Waals surface area contributed by atoms with Crippen LogP contribution < -0.4 is 5.73 Å². The Morgan fingerprint density at radius 1 is 1.19 bits per heavy atom. The predicted octanol–water partition coefficient (Wildman–Crippen LogP) is 3.13. The minimum atomic E-state index is -0.112. The molecule has 0 amide bonds. The molecule has 1 aliphatic rings. The van der Waals surface area contributed by atoms with E-state index in [0.29, 0.717) is 11.5 Å². The highest BCUT2D eigenvalue weighted by Crippen LogP contribution is 2.35. The van der Waals surface area contributed by atoms with Crippen LogP contribution in [0.15, 0.2) is 30.3 Å². The minimum Gasteiger partial charge on any atom is -0.383 e. The summed E-state index contributed by atoms with van der Waals surface area (Å²) < 4.78 is 5.48. The lowest BCUT2D eigenvalue weighted by Gasteiger charge is -2.34. The van der Waals surface area contributed by atoms with Crippen molar-refractivity contribution >= 4 is 16.9 Å². The number of aryl methyl sites for hydroxylation is 1. The van der Waals surface area contributed by atoms with Gasteiger partial charge in [-0.2, -0.15) is 5.10 Å². The number of rotatable bonds is 4. The SMILES string of the molecule is Cc1ccc(-c2cc(C(C)(C)CN3CCOCC3)nc3n[nH]c(N)c23)cc1. The van der Waals surface area contributed by atoms with Crippen LogP contribution in [0.1, 0.15) is 25.1 Å². The quantitative estimate of drug-likeness (QED) is 0.742. The molecule has 0 atom stereocenters. The van der Waals surface area contributed by atoms with Crippen LogP contribution in [0.4, 0.5) is 5.82 Å². The van der Waals surface area contributed by atoms with Crippen LogP contribution in [0.3, 0.4) is 0 Å². The number of morpholine rings is 1. The molecule has 1 aliphatic heterocycles. The molecule has 0 saturated carbocycles. The second-order valence-corrected chi connectivity index (χ2v) is 8.03. The van der Waals surface area contributed by atoms with Crippen LogP contribution in [0.5, 0.6) is 0 Å². The van der Waals surface area contributed by atoms with Crippen molar-refractivity contribution in [1.82, 2.24) is 20.1 Å². The van der Waals surface area contributed by atoms with Crippen LogP contribution >= 0.6 is 0 Å².